The number of allylic oxidation sites excluding steroid dienone is 3. The molecule has 25 heavy (non-hydrogen) atoms. The molecular weight excluding hydrogens is 447 g/mol. The monoisotopic (exact) mass is 470 g/mol. The van der Waals surface area contributed by atoms with E-state index in [4.69, 9.17) is 16.3 Å². The zero-order chi connectivity index (χ0) is 18.4. The first-order chi connectivity index (χ1) is 11.8. The van der Waals surface area contributed by atoms with Crippen molar-refractivity contribution in [3.8, 4) is 0 Å². The minimum atomic E-state index is -0.155. The van der Waals surface area contributed by atoms with E-state index < -0.39 is 0 Å². The van der Waals surface area contributed by atoms with Gasteiger partial charge in [0.2, 0.25) is 0 Å². The third-order valence-electron chi connectivity index (χ3n) is 3.64. The van der Waals surface area contributed by atoms with Crippen LogP contribution in [0.1, 0.15) is 31.9 Å². The van der Waals surface area contributed by atoms with Crippen LogP contribution in [0.4, 0.5) is 0 Å². The number of hydrazone groups is 1. The average molecular weight is 471 g/mol. The summed E-state index contributed by atoms with van der Waals surface area (Å²) < 4.78 is 6.55. The molecule has 0 unspecified atom stereocenters. The van der Waals surface area contributed by atoms with Crippen LogP contribution in [0.25, 0.3) is 6.08 Å². The van der Waals surface area contributed by atoms with Gasteiger partial charge in [0.1, 0.15) is 0 Å². The molecule has 1 aromatic rings. The van der Waals surface area contributed by atoms with Crippen LogP contribution in [0.3, 0.4) is 0 Å². The SMILES string of the molecule is C=C1C(Cl)=C(/C=C/c2ccc(COCCI)cc2)C=NN1C(C)(C)C. The van der Waals surface area contributed by atoms with Crippen molar-refractivity contribution in [3.63, 3.8) is 0 Å². The molecule has 0 saturated heterocycles. The fraction of sp³-hybridized carbons (Fsp3) is 0.350. The minimum absolute atomic E-state index is 0.155. The molecule has 1 aliphatic rings. The van der Waals surface area contributed by atoms with Gasteiger partial charge in [0.05, 0.1) is 35.7 Å². The molecule has 0 N–H and O–H groups in total. The van der Waals surface area contributed by atoms with Crippen LogP contribution in [0, 0.1) is 0 Å². The van der Waals surface area contributed by atoms with Crippen LogP contribution < -0.4 is 0 Å². The Morgan fingerprint density at radius 2 is 1.92 bits per heavy atom. The summed E-state index contributed by atoms with van der Waals surface area (Å²) in [5.41, 5.74) is 3.71. The number of hydrogen-bond acceptors (Lipinski definition) is 3. The van der Waals surface area contributed by atoms with Crippen molar-refractivity contribution in [2.75, 3.05) is 11.0 Å². The van der Waals surface area contributed by atoms with Gasteiger partial charge >= 0.3 is 0 Å². The molecule has 3 nitrogen and oxygen atoms in total. The van der Waals surface area contributed by atoms with Crippen LogP contribution in [0.2, 0.25) is 0 Å². The second kappa shape index (κ2) is 9.01. The second-order valence-corrected chi connectivity index (χ2v) is 8.22. The van der Waals surface area contributed by atoms with Gasteiger partial charge in [0.25, 0.3) is 0 Å². The number of hydrogen-bond donors (Lipinski definition) is 0. The Morgan fingerprint density at radius 1 is 1.24 bits per heavy atom. The molecule has 2 rings (SSSR count). The smallest absolute Gasteiger partial charge is 0.0741 e. The molecule has 0 spiro atoms. The molecule has 0 saturated carbocycles. The van der Waals surface area contributed by atoms with Gasteiger partial charge in [-0.1, -0.05) is 77.2 Å². The number of alkyl halides is 1. The molecule has 1 heterocycles. The van der Waals surface area contributed by atoms with Crippen LogP contribution in [-0.2, 0) is 11.3 Å². The van der Waals surface area contributed by atoms with E-state index >= 15 is 0 Å². The molecule has 134 valence electrons. The standard InChI is InChI=1S/C20H24ClIN2O/c1-15-19(21)18(13-23-24(15)20(2,3)4)10-9-16-5-7-17(8-6-16)14-25-12-11-22/h5-10,13H,1,11-12,14H2,2-4H3/b10-9+. The number of nitrogens with zero attached hydrogens (tertiary/aromatic N) is 2. The third-order valence-corrected chi connectivity index (χ3v) is 4.51. The van der Waals surface area contributed by atoms with Crippen molar-refractivity contribution in [2.45, 2.75) is 32.9 Å². The first-order valence-corrected chi connectivity index (χ1v) is 10.1. The van der Waals surface area contributed by atoms with Gasteiger partial charge in [0.15, 0.2) is 0 Å². The highest BCUT2D eigenvalue weighted by Gasteiger charge is 2.26. The van der Waals surface area contributed by atoms with E-state index in [9.17, 15) is 0 Å². The lowest BCUT2D eigenvalue weighted by Gasteiger charge is -2.36. The first-order valence-electron chi connectivity index (χ1n) is 8.17. The Kier molecular flexibility index (Phi) is 7.28. The average Bonchev–Trinajstić information content (AvgIpc) is 2.56. The first kappa shape index (κ1) is 20.2. The summed E-state index contributed by atoms with van der Waals surface area (Å²) in [7, 11) is 0. The summed E-state index contributed by atoms with van der Waals surface area (Å²) in [5, 5.41) is 6.95. The lowest BCUT2D eigenvalue weighted by atomic mass is 10.1. The number of halogens is 2. The Balaban J connectivity index is 2.05. The van der Waals surface area contributed by atoms with Crippen LogP contribution >= 0.6 is 34.2 Å². The van der Waals surface area contributed by atoms with E-state index in [1.54, 1.807) is 6.21 Å². The molecule has 0 amide bonds. The normalized spacial score (nSPS) is 15.6. The van der Waals surface area contributed by atoms with E-state index in [1.807, 2.05) is 17.2 Å². The summed E-state index contributed by atoms with van der Waals surface area (Å²) >= 11 is 8.78. The van der Waals surface area contributed by atoms with Gasteiger partial charge in [0, 0.05) is 10.0 Å². The highest BCUT2D eigenvalue weighted by atomic mass is 127. The molecule has 1 aromatic carbocycles. The molecule has 0 radical (unpaired) electrons. The van der Waals surface area contributed by atoms with Crippen molar-refractivity contribution in [1.82, 2.24) is 5.01 Å². The predicted molar refractivity (Wildman–Crippen MR) is 116 cm³/mol. The van der Waals surface area contributed by atoms with Crippen molar-refractivity contribution < 1.29 is 4.74 Å². The minimum Gasteiger partial charge on any atom is -0.376 e. The highest BCUT2D eigenvalue weighted by molar-refractivity contribution is 14.1. The number of ether oxygens (including phenoxy) is 1. The summed E-state index contributed by atoms with van der Waals surface area (Å²) in [4.78, 5) is 0. The van der Waals surface area contributed by atoms with E-state index in [0.29, 0.717) is 11.6 Å². The zero-order valence-corrected chi connectivity index (χ0v) is 17.8. The van der Waals surface area contributed by atoms with Gasteiger partial charge in [-0.25, -0.2) is 0 Å². The third kappa shape index (κ3) is 5.69. The van der Waals surface area contributed by atoms with E-state index in [-0.39, 0.29) is 5.54 Å². The van der Waals surface area contributed by atoms with Gasteiger partial charge < -0.3 is 4.74 Å². The molecule has 1 aliphatic heterocycles. The Hall–Kier alpha value is -1.11. The van der Waals surface area contributed by atoms with Crippen molar-refractivity contribution >= 4 is 46.5 Å². The largest absolute Gasteiger partial charge is 0.376 e. The maximum atomic E-state index is 6.48. The van der Waals surface area contributed by atoms with Crippen LogP contribution in [-0.4, -0.2) is 27.8 Å². The van der Waals surface area contributed by atoms with E-state index in [2.05, 4.69) is 79.3 Å². The van der Waals surface area contributed by atoms with Crippen LogP contribution in [0.5, 0.6) is 0 Å². The Bertz CT molecular complexity index is 699. The molecule has 0 aliphatic carbocycles. The van der Waals surface area contributed by atoms with Gasteiger partial charge in [-0.05, 0) is 31.9 Å². The summed E-state index contributed by atoms with van der Waals surface area (Å²) in [6, 6.07) is 8.31. The summed E-state index contributed by atoms with van der Waals surface area (Å²) in [5.74, 6) is 0. The summed E-state index contributed by atoms with van der Waals surface area (Å²) in [6.07, 6.45) is 5.78. The number of benzene rings is 1. The van der Waals surface area contributed by atoms with Gasteiger partial charge in [-0.3, -0.25) is 5.01 Å². The molecule has 0 bridgehead atoms. The lowest BCUT2D eigenvalue weighted by molar-refractivity contribution is 0.138. The second-order valence-electron chi connectivity index (χ2n) is 6.76. The molecule has 0 aromatic heterocycles. The maximum absolute atomic E-state index is 6.48. The van der Waals surface area contributed by atoms with E-state index in [1.165, 1.54) is 5.56 Å². The van der Waals surface area contributed by atoms with Crippen molar-refractivity contribution in [2.24, 2.45) is 5.10 Å². The summed E-state index contributed by atoms with van der Waals surface area (Å²) in [6.45, 7) is 11.7. The fourth-order valence-corrected chi connectivity index (χ4v) is 2.86. The topological polar surface area (TPSA) is 24.8 Å². The van der Waals surface area contributed by atoms with Crippen molar-refractivity contribution in [1.29, 1.82) is 0 Å². The fourth-order valence-electron chi connectivity index (χ4n) is 2.36. The van der Waals surface area contributed by atoms with Gasteiger partial charge in [-0.2, -0.15) is 5.10 Å². The molecular formula is C20H24ClIN2O. The Labute approximate surface area is 169 Å². The quantitative estimate of drug-likeness (QED) is 0.300. The van der Waals surface area contributed by atoms with Crippen molar-refractivity contribution in [3.05, 3.63) is 64.3 Å². The number of rotatable bonds is 6. The van der Waals surface area contributed by atoms with E-state index in [0.717, 1.165) is 27.9 Å². The highest BCUT2D eigenvalue weighted by Crippen LogP contribution is 2.31. The Morgan fingerprint density at radius 3 is 2.52 bits per heavy atom. The molecule has 0 fully saturated rings. The van der Waals surface area contributed by atoms with Crippen LogP contribution in [0.15, 0.2) is 58.3 Å². The molecule has 0 atom stereocenters. The molecule has 5 heteroatoms. The zero-order valence-electron chi connectivity index (χ0n) is 14.9. The lowest BCUT2D eigenvalue weighted by Crippen LogP contribution is -2.38. The maximum Gasteiger partial charge on any atom is 0.0741 e. The van der Waals surface area contributed by atoms with Gasteiger partial charge in [-0.15, -0.1) is 0 Å². The predicted octanol–water partition coefficient (Wildman–Crippen LogP) is 5.76.